The Hall–Kier alpha value is -3.83. The quantitative estimate of drug-likeness (QED) is 0.237. The maximum atomic E-state index is 13.3. The predicted molar refractivity (Wildman–Crippen MR) is 148 cm³/mol. The van der Waals surface area contributed by atoms with Gasteiger partial charge in [0.2, 0.25) is 17.7 Å². The molecule has 0 aromatic heterocycles. The average Bonchev–Trinajstić information content (AvgIpc) is 2.91. The van der Waals surface area contributed by atoms with E-state index in [1.807, 2.05) is 6.92 Å². The van der Waals surface area contributed by atoms with Gasteiger partial charge in [0.25, 0.3) is 0 Å². The van der Waals surface area contributed by atoms with E-state index in [0.717, 1.165) is 5.56 Å². The summed E-state index contributed by atoms with van der Waals surface area (Å²) in [6.45, 7) is 7.35. The average molecular weight is 562 g/mol. The topological polar surface area (TPSA) is 186 Å². The molecule has 2 unspecified atom stereocenters. The highest BCUT2D eigenvalue weighted by Crippen LogP contribution is 2.14. The largest absolute Gasteiger partial charge is 0.508 e. The number of aliphatic carboxylic acids is 1. The van der Waals surface area contributed by atoms with Crippen LogP contribution in [0.2, 0.25) is 0 Å². The lowest BCUT2D eigenvalue weighted by Crippen LogP contribution is -2.59. The zero-order chi connectivity index (χ0) is 29.8. The highest BCUT2D eigenvalue weighted by atomic mass is 16.4. The van der Waals surface area contributed by atoms with Crippen LogP contribution < -0.4 is 26.6 Å². The zero-order valence-electron chi connectivity index (χ0n) is 23.7. The Morgan fingerprint density at radius 1 is 1.00 bits per heavy atom. The van der Waals surface area contributed by atoms with Crippen LogP contribution in [0.3, 0.4) is 0 Å². The van der Waals surface area contributed by atoms with Crippen molar-refractivity contribution in [2.45, 2.75) is 90.4 Å². The van der Waals surface area contributed by atoms with Gasteiger partial charge in [-0.3, -0.25) is 14.4 Å². The smallest absolute Gasteiger partial charge is 0.326 e. The van der Waals surface area contributed by atoms with Crippen LogP contribution in [0, 0.1) is 11.8 Å². The third-order valence-electron chi connectivity index (χ3n) is 7.14. The van der Waals surface area contributed by atoms with Gasteiger partial charge in [-0.2, -0.15) is 0 Å². The number of hydrogen-bond acceptors (Lipinski definition) is 6. The third-order valence-corrected chi connectivity index (χ3v) is 7.14. The molecule has 5 atom stereocenters. The Morgan fingerprint density at radius 3 is 2.27 bits per heavy atom. The number of carbonyl (C=O) groups excluding carboxylic acids is 4. The summed E-state index contributed by atoms with van der Waals surface area (Å²) in [6, 6.07) is 1.87. The number of aryl methyl sites for hydroxylation is 1. The van der Waals surface area contributed by atoms with Crippen LogP contribution in [-0.2, 0) is 25.6 Å². The summed E-state index contributed by atoms with van der Waals surface area (Å²) in [7, 11) is 0. The highest BCUT2D eigenvalue weighted by molar-refractivity contribution is 5.94. The molecule has 2 rings (SSSR count). The van der Waals surface area contributed by atoms with Crippen LogP contribution in [0.15, 0.2) is 24.3 Å². The Labute approximate surface area is 235 Å². The molecular weight excluding hydrogens is 518 g/mol. The van der Waals surface area contributed by atoms with Gasteiger partial charge in [-0.1, -0.05) is 46.2 Å². The summed E-state index contributed by atoms with van der Waals surface area (Å²) in [4.78, 5) is 63.8. The number of nitrogens with one attached hydrogen (secondary N) is 5. The lowest BCUT2D eigenvalue weighted by Gasteiger charge is -2.27. The summed E-state index contributed by atoms with van der Waals surface area (Å²) in [6.07, 6.45) is 2.56. The number of benzene rings is 1. The Bertz CT molecular complexity index is 1030. The van der Waals surface area contributed by atoms with E-state index < -0.39 is 48.0 Å². The number of carboxylic acid groups (broad SMARTS) is 1. The Balaban J connectivity index is 2.17. The molecule has 7 N–H and O–H groups in total. The first kappa shape index (κ1) is 32.4. The number of phenols is 1. The lowest BCUT2D eigenvalue weighted by atomic mass is 9.99. The third kappa shape index (κ3) is 10.0. The summed E-state index contributed by atoms with van der Waals surface area (Å²) in [5, 5.41) is 32.3. The van der Waals surface area contributed by atoms with Gasteiger partial charge in [0.15, 0.2) is 0 Å². The molecule has 0 saturated carbocycles. The van der Waals surface area contributed by atoms with Crippen molar-refractivity contribution in [3.05, 3.63) is 29.8 Å². The minimum Gasteiger partial charge on any atom is -0.508 e. The first-order chi connectivity index (χ1) is 18.9. The van der Waals surface area contributed by atoms with Crippen LogP contribution in [0.4, 0.5) is 4.79 Å². The number of aromatic hydroxyl groups is 1. The number of urea groups is 1. The van der Waals surface area contributed by atoms with Crippen LogP contribution >= 0.6 is 0 Å². The molecule has 1 saturated heterocycles. The second-order valence-electron chi connectivity index (χ2n) is 10.7. The molecule has 0 spiro atoms. The molecule has 0 aliphatic carbocycles. The van der Waals surface area contributed by atoms with E-state index in [4.69, 9.17) is 0 Å². The fourth-order valence-corrected chi connectivity index (χ4v) is 4.39. The molecule has 1 heterocycles. The normalized spacial score (nSPS) is 22.3. The monoisotopic (exact) mass is 561 g/mol. The second-order valence-corrected chi connectivity index (χ2v) is 10.7. The molecule has 1 aliphatic heterocycles. The molecule has 1 fully saturated rings. The van der Waals surface area contributed by atoms with E-state index in [0.29, 0.717) is 38.6 Å². The second kappa shape index (κ2) is 15.7. The van der Waals surface area contributed by atoms with E-state index >= 15 is 0 Å². The van der Waals surface area contributed by atoms with E-state index in [1.165, 1.54) is 0 Å². The van der Waals surface area contributed by atoms with E-state index in [-0.39, 0.29) is 29.9 Å². The maximum Gasteiger partial charge on any atom is 0.326 e. The summed E-state index contributed by atoms with van der Waals surface area (Å²) >= 11 is 0. The molecular formula is C28H43N5O7. The summed E-state index contributed by atoms with van der Waals surface area (Å²) in [5.41, 5.74) is 0.891. The fraction of sp³-hybridized carbons (Fsp3) is 0.607. The number of rotatable bonds is 9. The van der Waals surface area contributed by atoms with Gasteiger partial charge in [-0.15, -0.1) is 0 Å². The Kier molecular flexibility index (Phi) is 12.7. The minimum atomic E-state index is -1.17. The van der Waals surface area contributed by atoms with E-state index in [2.05, 4.69) is 26.6 Å². The molecule has 222 valence electrons. The van der Waals surface area contributed by atoms with Crippen molar-refractivity contribution in [1.29, 1.82) is 0 Å². The van der Waals surface area contributed by atoms with Crippen LogP contribution in [0.5, 0.6) is 5.75 Å². The van der Waals surface area contributed by atoms with Crippen LogP contribution in [0.1, 0.15) is 65.4 Å². The predicted octanol–water partition coefficient (Wildman–Crippen LogP) is 1.42. The molecule has 1 aromatic rings. The number of phenolic OH excluding ortho intramolecular Hbond substituents is 1. The van der Waals surface area contributed by atoms with Crippen LogP contribution in [0.25, 0.3) is 0 Å². The SMILES string of the molecule is CC[C@@H](C)[C@H](NC(=O)NC1CCCCNC(=O)[C@H](CCc2ccc(O)cc2)NC(=O)C(C(C)C)NC1=O)C(=O)O. The van der Waals surface area contributed by atoms with Gasteiger partial charge >= 0.3 is 12.0 Å². The number of amides is 5. The van der Waals surface area contributed by atoms with E-state index in [1.54, 1.807) is 45.0 Å². The molecule has 12 heteroatoms. The van der Waals surface area contributed by atoms with Crippen LogP contribution in [-0.4, -0.2) is 70.6 Å². The number of carboxylic acids is 1. The van der Waals surface area contributed by atoms with Crippen molar-refractivity contribution >= 4 is 29.7 Å². The van der Waals surface area contributed by atoms with Crippen molar-refractivity contribution < 1.29 is 34.2 Å². The van der Waals surface area contributed by atoms with Gasteiger partial charge < -0.3 is 36.8 Å². The maximum absolute atomic E-state index is 13.3. The number of hydrogen-bond donors (Lipinski definition) is 7. The van der Waals surface area contributed by atoms with Crippen molar-refractivity contribution in [1.82, 2.24) is 26.6 Å². The number of carbonyl (C=O) groups is 5. The summed E-state index contributed by atoms with van der Waals surface area (Å²) in [5.74, 6) is -3.12. The van der Waals surface area contributed by atoms with Gasteiger partial charge in [-0.05, 0) is 61.6 Å². The zero-order valence-corrected chi connectivity index (χ0v) is 23.7. The van der Waals surface area contributed by atoms with Gasteiger partial charge in [0.05, 0.1) is 0 Å². The molecule has 5 amide bonds. The molecule has 0 bridgehead atoms. The van der Waals surface area contributed by atoms with Crippen molar-refractivity contribution in [3.63, 3.8) is 0 Å². The lowest BCUT2D eigenvalue weighted by molar-refractivity contribution is -0.140. The molecule has 40 heavy (non-hydrogen) atoms. The van der Waals surface area contributed by atoms with Gasteiger partial charge in [0, 0.05) is 6.54 Å². The molecule has 1 aliphatic rings. The van der Waals surface area contributed by atoms with Crippen molar-refractivity contribution in [2.75, 3.05) is 6.54 Å². The summed E-state index contributed by atoms with van der Waals surface area (Å²) < 4.78 is 0. The highest BCUT2D eigenvalue weighted by Gasteiger charge is 2.32. The first-order valence-electron chi connectivity index (χ1n) is 13.9. The van der Waals surface area contributed by atoms with Crippen molar-refractivity contribution in [2.24, 2.45) is 11.8 Å². The Morgan fingerprint density at radius 2 is 1.68 bits per heavy atom. The molecule has 0 radical (unpaired) electrons. The fourth-order valence-electron chi connectivity index (χ4n) is 4.39. The molecule has 1 aromatic carbocycles. The van der Waals surface area contributed by atoms with E-state index in [9.17, 15) is 34.2 Å². The standard InChI is InChI=1S/C28H43N5O7/c1-5-17(4)23(27(38)39)33-28(40)31-20-8-6-7-15-29-24(35)21(14-11-18-9-12-19(34)13-10-18)30-26(37)22(16(2)3)32-25(20)36/h9-10,12-13,16-17,20-23,34H,5-8,11,14-15H2,1-4H3,(H,29,35)(H,30,37)(H,32,36)(H,38,39)(H2,31,33,40)/t17-,20?,21+,22?,23+/m1/s1. The minimum absolute atomic E-state index is 0.134. The van der Waals surface area contributed by atoms with Crippen molar-refractivity contribution in [3.8, 4) is 5.75 Å². The molecule has 12 nitrogen and oxygen atoms in total. The van der Waals surface area contributed by atoms with Gasteiger partial charge in [0.1, 0.15) is 29.9 Å². The van der Waals surface area contributed by atoms with Gasteiger partial charge in [-0.25, -0.2) is 9.59 Å². The first-order valence-corrected chi connectivity index (χ1v) is 13.9.